The van der Waals surface area contributed by atoms with Crippen LogP contribution >= 0.6 is 0 Å². The van der Waals surface area contributed by atoms with Crippen LogP contribution in [0.25, 0.3) is 0 Å². The number of rotatable bonds is 8. The molecule has 0 unspecified atom stereocenters. The maximum absolute atomic E-state index is 12.2. The van der Waals surface area contributed by atoms with Gasteiger partial charge >= 0.3 is 0 Å². The van der Waals surface area contributed by atoms with Crippen molar-refractivity contribution < 1.29 is 13.5 Å². The Morgan fingerprint density at radius 2 is 1.85 bits per heavy atom. The summed E-state index contributed by atoms with van der Waals surface area (Å²) in [6, 6.07) is 7.89. The number of benzene rings is 1. The zero-order valence-corrected chi connectivity index (χ0v) is 12.4. The molecule has 0 aromatic heterocycles. The Bertz CT molecular complexity index is 541. The van der Waals surface area contributed by atoms with Crippen LogP contribution in [0, 0.1) is 11.3 Å². The second kappa shape index (κ2) is 8.00. The zero-order chi connectivity index (χ0) is 15.0. The summed E-state index contributed by atoms with van der Waals surface area (Å²) in [6.07, 6.45) is 0.914. The fourth-order valence-electron chi connectivity index (χ4n) is 1.90. The standard InChI is InChI=1S/C14H20N2O3S/c1-2-7-16(8-10-17)9-11-20(18,19)14-5-3-13(12-15)4-6-14/h3-6,17H,2,7-11H2,1H3. The highest BCUT2D eigenvalue weighted by molar-refractivity contribution is 7.91. The van der Waals surface area contributed by atoms with Gasteiger partial charge in [-0.1, -0.05) is 6.92 Å². The van der Waals surface area contributed by atoms with E-state index in [-0.39, 0.29) is 17.3 Å². The Morgan fingerprint density at radius 3 is 2.35 bits per heavy atom. The molecule has 110 valence electrons. The lowest BCUT2D eigenvalue weighted by molar-refractivity contribution is 0.203. The van der Waals surface area contributed by atoms with Crippen molar-refractivity contribution >= 4 is 9.84 Å². The predicted octanol–water partition coefficient (Wildman–Crippen LogP) is 1.04. The zero-order valence-electron chi connectivity index (χ0n) is 11.6. The summed E-state index contributed by atoms with van der Waals surface area (Å²) in [5, 5.41) is 17.6. The molecular formula is C14H20N2O3S. The van der Waals surface area contributed by atoms with Gasteiger partial charge in [0.05, 0.1) is 28.9 Å². The average Bonchev–Trinajstić information content (AvgIpc) is 2.45. The number of aliphatic hydroxyl groups is 1. The molecule has 0 amide bonds. The molecule has 0 atom stereocenters. The van der Waals surface area contributed by atoms with Crippen LogP contribution in [0.4, 0.5) is 0 Å². The number of aliphatic hydroxyl groups excluding tert-OH is 1. The summed E-state index contributed by atoms with van der Waals surface area (Å²) in [5.41, 5.74) is 0.442. The molecule has 0 radical (unpaired) electrons. The van der Waals surface area contributed by atoms with E-state index in [1.807, 2.05) is 17.9 Å². The molecule has 0 fully saturated rings. The van der Waals surface area contributed by atoms with Crippen LogP contribution in [-0.2, 0) is 9.84 Å². The van der Waals surface area contributed by atoms with Gasteiger partial charge < -0.3 is 10.0 Å². The van der Waals surface area contributed by atoms with Crippen LogP contribution < -0.4 is 0 Å². The molecule has 1 aromatic carbocycles. The molecular weight excluding hydrogens is 276 g/mol. The van der Waals surface area contributed by atoms with Crippen molar-refractivity contribution in [2.45, 2.75) is 18.2 Å². The van der Waals surface area contributed by atoms with Crippen molar-refractivity contribution in [3.63, 3.8) is 0 Å². The summed E-state index contributed by atoms with van der Waals surface area (Å²) in [6.45, 7) is 3.69. The third kappa shape index (κ3) is 4.93. The molecule has 0 aliphatic heterocycles. The summed E-state index contributed by atoms with van der Waals surface area (Å²) in [7, 11) is -3.35. The second-order valence-electron chi connectivity index (χ2n) is 4.52. The summed E-state index contributed by atoms with van der Waals surface area (Å²) in [4.78, 5) is 2.17. The van der Waals surface area contributed by atoms with E-state index in [0.717, 1.165) is 13.0 Å². The molecule has 6 heteroatoms. The SMILES string of the molecule is CCCN(CCO)CCS(=O)(=O)c1ccc(C#N)cc1. The first-order valence-corrected chi connectivity index (χ1v) is 8.25. The molecule has 0 spiro atoms. The lowest BCUT2D eigenvalue weighted by atomic mass is 10.2. The Morgan fingerprint density at radius 1 is 1.20 bits per heavy atom. The quantitative estimate of drug-likeness (QED) is 0.775. The normalized spacial score (nSPS) is 11.5. The van der Waals surface area contributed by atoms with Gasteiger partial charge in [0.25, 0.3) is 0 Å². The van der Waals surface area contributed by atoms with E-state index in [0.29, 0.717) is 18.7 Å². The van der Waals surface area contributed by atoms with Crippen LogP contribution in [0.15, 0.2) is 29.2 Å². The van der Waals surface area contributed by atoms with Gasteiger partial charge in [-0.2, -0.15) is 5.26 Å². The number of hydrogen-bond donors (Lipinski definition) is 1. The van der Waals surface area contributed by atoms with Gasteiger partial charge in [0.2, 0.25) is 0 Å². The first-order valence-electron chi connectivity index (χ1n) is 6.59. The topological polar surface area (TPSA) is 81.4 Å². The molecule has 0 heterocycles. The van der Waals surface area contributed by atoms with E-state index in [2.05, 4.69) is 0 Å². The van der Waals surface area contributed by atoms with Gasteiger partial charge in [-0.05, 0) is 37.2 Å². The minimum atomic E-state index is -3.35. The molecule has 0 bridgehead atoms. The summed E-state index contributed by atoms with van der Waals surface area (Å²) < 4.78 is 24.3. The summed E-state index contributed by atoms with van der Waals surface area (Å²) >= 11 is 0. The highest BCUT2D eigenvalue weighted by atomic mass is 32.2. The van der Waals surface area contributed by atoms with Crippen molar-refractivity contribution in [3.8, 4) is 6.07 Å². The van der Waals surface area contributed by atoms with Gasteiger partial charge in [-0.15, -0.1) is 0 Å². The van der Waals surface area contributed by atoms with Crippen molar-refractivity contribution in [2.75, 3.05) is 32.0 Å². The maximum atomic E-state index is 12.2. The second-order valence-corrected chi connectivity index (χ2v) is 6.63. The van der Waals surface area contributed by atoms with Crippen molar-refractivity contribution in [3.05, 3.63) is 29.8 Å². The van der Waals surface area contributed by atoms with Crippen LogP contribution in [0.2, 0.25) is 0 Å². The third-order valence-corrected chi connectivity index (χ3v) is 4.69. The molecule has 1 N–H and O–H groups in total. The lowest BCUT2D eigenvalue weighted by Crippen LogP contribution is -2.32. The lowest BCUT2D eigenvalue weighted by Gasteiger charge is -2.20. The van der Waals surface area contributed by atoms with E-state index < -0.39 is 9.84 Å². The highest BCUT2D eigenvalue weighted by Crippen LogP contribution is 2.12. The van der Waals surface area contributed by atoms with Gasteiger partial charge in [0.15, 0.2) is 9.84 Å². The molecule has 20 heavy (non-hydrogen) atoms. The molecule has 5 nitrogen and oxygen atoms in total. The predicted molar refractivity (Wildman–Crippen MR) is 77.0 cm³/mol. The van der Waals surface area contributed by atoms with Crippen LogP contribution in [0.3, 0.4) is 0 Å². The number of nitriles is 1. The third-order valence-electron chi connectivity index (χ3n) is 2.97. The number of hydrogen-bond acceptors (Lipinski definition) is 5. The van der Waals surface area contributed by atoms with Gasteiger partial charge in [0.1, 0.15) is 0 Å². The molecule has 0 saturated carbocycles. The monoisotopic (exact) mass is 296 g/mol. The Labute approximate surface area is 120 Å². The van der Waals surface area contributed by atoms with Crippen molar-refractivity contribution in [2.24, 2.45) is 0 Å². The first kappa shape index (κ1) is 16.6. The van der Waals surface area contributed by atoms with Crippen LogP contribution in [0.5, 0.6) is 0 Å². The van der Waals surface area contributed by atoms with E-state index >= 15 is 0 Å². The maximum Gasteiger partial charge on any atom is 0.179 e. The van der Waals surface area contributed by atoms with E-state index in [9.17, 15) is 8.42 Å². The first-order chi connectivity index (χ1) is 9.53. The summed E-state index contributed by atoms with van der Waals surface area (Å²) in [5.74, 6) is 0.0128. The minimum absolute atomic E-state index is 0.0128. The highest BCUT2D eigenvalue weighted by Gasteiger charge is 2.16. The molecule has 1 aromatic rings. The molecule has 0 aliphatic carbocycles. The molecule has 0 saturated heterocycles. The van der Waals surface area contributed by atoms with Crippen molar-refractivity contribution in [1.82, 2.24) is 4.90 Å². The van der Waals surface area contributed by atoms with Crippen LogP contribution in [0.1, 0.15) is 18.9 Å². The van der Waals surface area contributed by atoms with Gasteiger partial charge in [0, 0.05) is 13.1 Å². The Kier molecular flexibility index (Phi) is 6.65. The molecule has 0 aliphatic rings. The Balaban J connectivity index is 2.71. The molecule has 1 rings (SSSR count). The fourth-order valence-corrected chi connectivity index (χ4v) is 3.18. The fraction of sp³-hybridized carbons (Fsp3) is 0.500. The smallest absolute Gasteiger partial charge is 0.179 e. The van der Waals surface area contributed by atoms with E-state index in [1.165, 1.54) is 24.3 Å². The van der Waals surface area contributed by atoms with Crippen molar-refractivity contribution in [1.29, 1.82) is 5.26 Å². The van der Waals surface area contributed by atoms with Gasteiger partial charge in [-0.3, -0.25) is 0 Å². The van der Waals surface area contributed by atoms with Gasteiger partial charge in [-0.25, -0.2) is 8.42 Å². The average molecular weight is 296 g/mol. The van der Waals surface area contributed by atoms with E-state index in [4.69, 9.17) is 10.4 Å². The van der Waals surface area contributed by atoms with Crippen LogP contribution in [-0.4, -0.2) is 50.4 Å². The number of nitrogens with zero attached hydrogens (tertiary/aromatic N) is 2. The minimum Gasteiger partial charge on any atom is -0.395 e. The van der Waals surface area contributed by atoms with E-state index in [1.54, 1.807) is 0 Å². The Hall–Kier alpha value is -1.42. The number of sulfone groups is 1. The largest absolute Gasteiger partial charge is 0.395 e.